The Morgan fingerprint density at radius 2 is 1.52 bits per heavy atom. The summed E-state index contributed by atoms with van der Waals surface area (Å²) in [5.41, 5.74) is 7.25. The highest BCUT2D eigenvalue weighted by molar-refractivity contribution is 6.12. The number of primary amides is 1. The van der Waals surface area contributed by atoms with E-state index in [1.54, 1.807) is 0 Å². The highest BCUT2D eigenvalue weighted by atomic mass is 16.2. The van der Waals surface area contributed by atoms with Crippen molar-refractivity contribution in [2.75, 3.05) is 18.0 Å². The second kappa shape index (κ2) is 8.65. The van der Waals surface area contributed by atoms with Crippen LogP contribution in [0, 0.1) is 5.92 Å². The number of rotatable bonds is 3. The first-order valence-corrected chi connectivity index (χ1v) is 12.1. The molecule has 6 nitrogen and oxygen atoms in total. The SMILES string of the molecule is NC(=O)C1CCN(C(=O)[C@@H]2c3ccccc3C(=O)N(c3ccccc3)C23CCCCC3)CC1. The number of carbonyl (C=O) groups is 3. The molecule has 2 aliphatic heterocycles. The zero-order chi connectivity index (χ0) is 23.0. The van der Waals surface area contributed by atoms with E-state index in [1.807, 2.05) is 64.4 Å². The fourth-order valence-electron chi connectivity index (χ4n) is 6.24. The molecule has 1 aliphatic carbocycles. The molecule has 5 rings (SSSR count). The van der Waals surface area contributed by atoms with E-state index in [0.717, 1.165) is 43.4 Å². The van der Waals surface area contributed by atoms with Gasteiger partial charge in [-0.05, 0) is 49.4 Å². The van der Waals surface area contributed by atoms with Crippen molar-refractivity contribution in [2.45, 2.75) is 56.4 Å². The number of hydrogen-bond donors (Lipinski definition) is 1. The maximum atomic E-state index is 14.2. The third-order valence-corrected chi connectivity index (χ3v) is 7.88. The molecule has 1 spiro atoms. The number of amides is 3. The smallest absolute Gasteiger partial charge is 0.259 e. The van der Waals surface area contributed by atoms with Crippen LogP contribution in [0.2, 0.25) is 0 Å². The summed E-state index contributed by atoms with van der Waals surface area (Å²) in [5.74, 6) is -0.818. The van der Waals surface area contributed by atoms with Gasteiger partial charge in [0.25, 0.3) is 5.91 Å². The van der Waals surface area contributed by atoms with E-state index in [4.69, 9.17) is 5.73 Å². The summed E-state index contributed by atoms with van der Waals surface area (Å²) in [5, 5.41) is 0. The first-order valence-electron chi connectivity index (χ1n) is 12.1. The molecule has 2 heterocycles. The van der Waals surface area contributed by atoms with Gasteiger partial charge in [0.15, 0.2) is 0 Å². The third kappa shape index (κ3) is 3.62. The van der Waals surface area contributed by atoms with Gasteiger partial charge in [-0.15, -0.1) is 0 Å². The number of nitrogens with two attached hydrogens (primary N) is 1. The van der Waals surface area contributed by atoms with Gasteiger partial charge in [0, 0.05) is 30.3 Å². The lowest BCUT2D eigenvalue weighted by atomic mass is 9.64. The highest BCUT2D eigenvalue weighted by Crippen LogP contribution is 2.51. The minimum absolute atomic E-state index is 0.0183. The molecule has 1 saturated heterocycles. The lowest BCUT2D eigenvalue weighted by Gasteiger charge is -2.54. The summed E-state index contributed by atoms with van der Waals surface area (Å²) in [7, 11) is 0. The molecule has 3 amide bonds. The van der Waals surface area contributed by atoms with Crippen LogP contribution >= 0.6 is 0 Å². The number of para-hydroxylation sites is 1. The standard InChI is InChI=1S/C27H31N3O3/c28-24(31)19-13-17-29(18-14-19)26(33)23-21-11-5-6-12-22(21)25(32)30(20-9-3-1-4-10-20)27(23)15-7-2-8-16-27/h1,3-6,9-12,19,23H,2,7-8,13-18H2,(H2,28,31)/t23-/m0/s1. The van der Waals surface area contributed by atoms with Crippen molar-refractivity contribution in [3.05, 3.63) is 65.7 Å². The van der Waals surface area contributed by atoms with E-state index in [0.29, 0.717) is 31.5 Å². The van der Waals surface area contributed by atoms with Gasteiger partial charge in [0.05, 0.1) is 11.5 Å². The van der Waals surface area contributed by atoms with Crippen LogP contribution < -0.4 is 10.6 Å². The number of anilines is 1. The molecule has 172 valence electrons. The highest BCUT2D eigenvalue weighted by Gasteiger charge is 2.56. The van der Waals surface area contributed by atoms with Crippen molar-refractivity contribution in [3.63, 3.8) is 0 Å². The van der Waals surface area contributed by atoms with Crippen LogP contribution in [-0.4, -0.2) is 41.2 Å². The molecule has 0 radical (unpaired) electrons. The number of nitrogens with zero attached hydrogens (tertiary/aromatic N) is 2. The van der Waals surface area contributed by atoms with Gasteiger partial charge < -0.3 is 15.5 Å². The molecule has 1 atom stereocenters. The third-order valence-electron chi connectivity index (χ3n) is 7.88. The van der Waals surface area contributed by atoms with E-state index >= 15 is 0 Å². The van der Waals surface area contributed by atoms with Gasteiger partial charge in [-0.1, -0.05) is 55.7 Å². The molecule has 2 N–H and O–H groups in total. The Balaban J connectivity index is 1.61. The van der Waals surface area contributed by atoms with Crippen molar-refractivity contribution in [1.82, 2.24) is 4.90 Å². The number of piperidine rings is 1. The molecule has 0 unspecified atom stereocenters. The fraction of sp³-hybridized carbons (Fsp3) is 0.444. The molecular weight excluding hydrogens is 414 g/mol. The number of hydrogen-bond acceptors (Lipinski definition) is 3. The predicted octanol–water partition coefficient (Wildman–Crippen LogP) is 3.86. The summed E-state index contributed by atoms with van der Waals surface area (Å²) < 4.78 is 0. The molecular formula is C27H31N3O3. The van der Waals surface area contributed by atoms with E-state index in [1.165, 1.54) is 0 Å². The van der Waals surface area contributed by atoms with E-state index in [2.05, 4.69) is 0 Å². The van der Waals surface area contributed by atoms with Crippen molar-refractivity contribution in [2.24, 2.45) is 11.7 Å². The quantitative estimate of drug-likeness (QED) is 0.779. The fourth-order valence-corrected chi connectivity index (χ4v) is 6.24. The normalized spacial score (nSPS) is 22.8. The monoisotopic (exact) mass is 445 g/mol. The summed E-state index contributed by atoms with van der Waals surface area (Å²) in [6.07, 6.45) is 5.91. The van der Waals surface area contributed by atoms with Gasteiger partial charge in [-0.2, -0.15) is 0 Å². The van der Waals surface area contributed by atoms with Crippen molar-refractivity contribution in [1.29, 1.82) is 0 Å². The zero-order valence-corrected chi connectivity index (χ0v) is 18.9. The van der Waals surface area contributed by atoms with Crippen LogP contribution in [0.25, 0.3) is 0 Å². The maximum Gasteiger partial charge on any atom is 0.259 e. The second-order valence-electron chi connectivity index (χ2n) is 9.66. The van der Waals surface area contributed by atoms with Gasteiger partial charge in [-0.3, -0.25) is 14.4 Å². The second-order valence-corrected chi connectivity index (χ2v) is 9.66. The largest absolute Gasteiger partial charge is 0.369 e. The first kappa shape index (κ1) is 21.7. The Morgan fingerprint density at radius 1 is 0.879 bits per heavy atom. The van der Waals surface area contributed by atoms with Crippen LogP contribution in [0.4, 0.5) is 5.69 Å². The van der Waals surface area contributed by atoms with Crippen LogP contribution in [-0.2, 0) is 9.59 Å². The van der Waals surface area contributed by atoms with Gasteiger partial charge >= 0.3 is 0 Å². The molecule has 2 aromatic carbocycles. The number of fused-ring (bicyclic) bond motifs is 1. The average Bonchev–Trinajstić information content (AvgIpc) is 2.85. The van der Waals surface area contributed by atoms with Crippen molar-refractivity contribution in [3.8, 4) is 0 Å². The molecule has 6 heteroatoms. The van der Waals surface area contributed by atoms with Gasteiger partial charge in [0.2, 0.25) is 11.8 Å². The van der Waals surface area contributed by atoms with Crippen molar-refractivity contribution >= 4 is 23.4 Å². The number of likely N-dealkylation sites (tertiary alicyclic amines) is 1. The Kier molecular flexibility index (Phi) is 5.69. The number of carbonyl (C=O) groups excluding carboxylic acids is 3. The number of benzene rings is 2. The summed E-state index contributed by atoms with van der Waals surface area (Å²) >= 11 is 0. The van der Waals surface area contributed by atoms with E-state index < -0.39 is 11.5 Å². The van der Waals surface area contributed by atoms with Crippen LogP contribution in [0.1, 0.15) is 66.8 Å². The van der Waals surface area contributed by atoms with Gasteiger partial charge in [0.1, 0.15) is 0 Å². The first-order chi connectivity index (χ1) is 16.0. The molecule has 2 aromatic rings. The summed E-state index contributed by atoms with van der Waals surface area (Å²) in [6.45, 7) is 1.06. The topological polar surface area (TPSA) is 83.7 Å². The Morgan fingerprint density at radius 3 is 2.18 bits per heavy atom. The van der Waals surface area contributed by atoms with Crippen LogP contribution in [0.3, 0.4) is 0 Å². The van der Waals surface area contributed by atoms with E-state index in [9.17, 15) is 14.4 Å². The van der Waals surface area contributed by atoms with Crippen molar-refractivity contribution < 1.29 is 14.4 Å². The molecule has 33 heavy (non-hydrogen) atoms. The lowest BCUT2D eigenvalue weighted by Crippen LogP contribution is -2.63. The van der Waals surface area contributed by atoms with Crippen LogP contribution in [0.15, 0.2) is 54.6 Å². The molecule has 3 aliphatic rings. The minimum atomic E-state index is -0.581. The molecule has 1 saturated carbocycles. The molecule has 0 bridgehead atoms. The molecule has 0 aromatic heterocycles. The zero-order valence-electron chi connectivity index (χ0n) is 18.9. The summed E-state index contributed by atoms with van der Waals surface area (Å²) in [4.78, 5) is 43.6. The van der Waals surface area contributed by atoms with Crippen LogP contribution in [0.5, 0.6) is 0 Å². The lowest BCUT2D eigenvalue weighted by molar-refractivity contribution is -0.138. The predicted molar refractivity (Wildman–Crippen MR) is 127 cm³/mol. The Hall–Kier alpha value is -3.15. The Labute approximate surface area is 194 Å². The molecule has 2 fully saturated rings. The maximum absolute atomic E-state index is 14.2. The Bertz CT molecular complexity index is 1050. The summed E-state index contributed by atoms with van der Waals surface area (Å²) in [6, 6.07) is 17.4. The minimum Gasteiger partial charge on any atom is -0.369 e. The van der Waals surface area contributed by atoms with Gasteiger partial charge in [-0.25, -0.2) is 0 Å². The van der Waals surface area contributed by atoms with E-state index in [-0.39, 0.29) is 23.6 Å². The average molecular weight is 446 g/mol.